The molecule has 1 heterocycles. The number of ether oxygens (including phenoxy) is 4. The lowest BCUT2D eigenvalue weighted by atomic mass is 9.69. The minimum absolute atomic E-state index is 0.263. The molecule has 1 aliphatic carbocycles. The Balaban J connectivity index is 2.28. The summed E-state index contributed by atoms with van der Waals surface area (Å²) in [7, 11) is 4.29. The third kappa shape index (κ3) is 4.34. The maximum absolute atomic E-state index is 13.8. The van der Waals surface area contributed by atoms with E-state index < -0.39 is 23.8 Å². The normalized spacial score (nSPS) is 22.5. The van der Waals surface area contributed by atoms with Crippen molar-refractivity contribution >= 4 is 17.7 Å². The molecule has 1 N–H and O–H groups in total. The molecule has 3 atom stereocenters. The monoisotopic (exact) mass is 457 g/mol. The maximum Gasteiger partial charge on any atom is 0.337 e. The Morgan fingerprint density at radius 1 is 1.12 bits per heavy atom. The standard InChI is InChI=1S/C25H31NO7/c1-12(2)33-25(29)19-14(4)26-16-11-13(3)18(24(28)32-7)22(27)21(16)20(19)15-9-8-10-17(30-5)23(15)31-6/h8-10,12-13,18,20,26H,11H2,1-7H3/t13-,18+,20+/m1/s1. The minimum atomic E-state index is -0.963. The van der Waals surface area contributed by atoms with E-state index in [0.717, 1.165) is 0 Å². The maximum atomic E-state index is 13.8. The Morgan fingerprint density at radius 3 is 2.39 bits per heavy atom. The second kappa shape index (κ2) is 9.68. The summed E-state index contributed by atoms with van der Waals surface area (Å²) in [5.41, 5.74) is 2.48. The highest BCUT2D eigenvalue weighted by Gasteiger charge is 2.48. The number of ketones is 1. The van der Waals surface area contributed by atoms with Gasteiger partial charge in [0, 0.05) is 22.5 Å². The fourth-order valence-corrected chi connectivity index (χ4v) is 4.68. The van der Waals surface area contributed by atoms with Gasteiger partial charge in [0.2, 0.25) is 0 Å². The first-order chi connectivity index (χ1) is 15.7. The van der Waals surface area contributed by atoms with Gasteiger partial charge in [-0.1, -0.05) is 19.1 Å². The molecular weight excluding hydrogens is 426 g/mol. The third-order valence-electron chi connectivity index (χ3n) is 6.05. The van der Waals surface area contributed by atoms with Crippen LogP contribution in [-0.2, 0) is 23.9 Å². The van der Waals surface area contributed by atoms with Crippen molar-refractivity contribution in [2.45, 2.75) is 46.1 Å². The van der Waals surface area contributed by atoms with E-state index in [4.69, 9.17) is 18.9 Å². The summed E-state index contributed by atoms with van der Waals surface area (Å²) < 4.78 is 21.6. The van der Waals surface area contributed by atoms with Crippen LogP contribution in [-0.4, -0.2) is 45.2 Å². The van der Waals surface area contributed by atoms with Crippen LogP contribution < -0.4 is 14.8 Å². The van der Waals surface area contributed by atoms with Crippen molar-refractivity contribution in [2.24, 2.45) is 11.8 Å². The van der Waals surface area contributed by atoms with Gasteiger partial charge >= 0.3 is 11.9 Å². The number of hydrogen-bond donors (Lipinski definition) is 1. The van der Waals surface area contributed by atoms with Gasteiger partial charge in [-0.05, 0) is 39.2 Å². The van der Waals surface area contributed by atoms with E-state index in [1.807, 2.05) is 6.92 Å². The zero-order valence-electron chi connectivity index (χ0n) is 20.1. The predicted octanol–water partition coefficient (Wildman–Crippen LogP) is 3.27. The average Bonchev–Trinajstić information content (AvgIpc) is 2.76. The number of nitrogens with one attached hydrogen (secondary N) is 1. The van der Waals surface area contributed by atoms with Gasteiger partial charge in [-0.3, -0.25) is 9.59 Å². The van der Waals surface area contributed by atoms with Crippen LogP contribution in [0.4, 0.5) is 0 Å². The minimum Gasteiger partial charge on any atom is -0.493 e. The Labute approximate surface area is 193 Å². The topological polar surface area (TPSA) is 100 Å². The van der Waals surface area contributed by atoms with Crippen LogP contribution in [0, 0.1) is 11.8 Å². The zero-order valence-corrected chi connectivity index (χ0v) is 20.1. The van der Waals surface area contributed by atoms with Crippen LogP contribution >= 0.6 is 0 Å². The van der Waals surface area contributed by atoms with Gasteiger partial charge in [0.25, 0.3) is 0 Å². The molecule has 0 amide bonds. The van der Waals surface area contributed by atoms with Gasteiger partial charge in [-0.2, -0.15) is 0 Å². The number of carbonyl (C=O) groups is 3. The van der Waals surface area contributed by atoms with Crippen molar-refractivity contribution in [2.75, 3.05) is 21.3 Å². The highest BCUT2D eigenvalue weighted by molar-refractivity contribution is 6.12. The lowest BCUT2D eigenvalue weighted by Gasteiger charge is -2.38. The summed E-state index contributed by atoms with van der Waals surface area (Å²) in [5, 5.41) is 3.24. The first kappa shape index (κ1) is 24.4. The molecule has 0 saturated carbocycles. The Bertz CT molecular complexity index is 1040. The molecule has 2 aliphatic rings. The molecule has 0 bridgehead atoms. The Hall–Kier alpha value is -3.29. The number of hydrogen-bond acceptors (Lipinski definition) is 8. The fourth-order valence-electron chi connectivity index (χ4n) is 4.68. The van der Waals surface area contributed by atoms with Crippen LogP contribution in [0.3, 0.4) is 0 Å². The van der Waals surface area contributed by atoms with E-state index in [1.165, 1.54) is 21.3 Å². The van der Waals surface area contributed by atoms with Crippen molar-refractivity contribution in [3.05, 3.63) is 46.3 Å². The molecule has 0 spiro atoms. The highest BCUT2D eigenvalue weighted by Crippen LogP contribution is 2.49. The first-order valence-corrected chi connectivity index (χ1v) is 10.9. The van der Waals surface area contributed by atoms with Gasteiger partial charge in [-0.25, -0.2) is 4.79 Å². The number of methoxy groups -OCH3 is 3. The summed E-state index contributed by atoms with van der Waals surface area (Å²) in [4.78, 5) is 39.5. The molecule has 0 fully saturated rings. The molecule has 1 aromatic carbocycles. The second-order valence-corrected chi connectivity index (χ2v) is 8.57. The van der Waals surface area contributed by atoms with Gasteiger partial charge < -0.3 is 24.3 Å². The van der Waals surface area contributed by atoms with E-state index in [1.54, 1.807) is 39.0 Å². The average molecular weight is 458 g/mol. The van der Waals surface area contributed by atoms with Gasteiger partial charge in [0.05, 0.1) is 38.9 Å². The molecule has 3 rings (SSSR count). The van der Waals surface area contributed by atoms with Gasteiger partial charge in [0.1, 0.15) is 5.92 Å². The lowest BCUT2D eigenvalue weighted by Crippen LogP contribution is -2.43. The van der Waals surface area contributed by atoms with Crippen molar-refractivity contribution in [1.29, 1.82) is 0 Å². The Kier molecular flexibility index (Phi) is 7.15. The molecule has 0 aromatic heterocycles. The molecule has 8 heteroatoms. The fraction of sp³-hybridized carbons (Fsp3) is 0.480. The smallest absolute Gasteiger partial charge is 0.337 e. The van der Waals surface area contributed by atoms with Crippen LogP contribution in [0.25, 0.3) is 0 Å². The van der Waals surface area contributed by atoms with E-state index in [9.17, 15) is 14.4 Å². The lowest BCUT2D eigenvalue weighted by molar-refractivity contribution is -0.151. The molecule has 1 aliphatic heterocycles. The Morgan fingerprint density at radius 2 is 1.82 bits per heavy atom. The summed E-state index contributed by atoms with van der Waals surface area (Å²) in [5.74, 6) is -2.67. The SMILES string of the molecule is COC(=O)[C@@H]1C(=O)C2=C(C[C@H]1C)NC(C)=C(C(=O)OC(C)C)[C@@H]2c1cccc(OC)c1OC. The second-order valence-electron chi connectivity index (χ2n) is 8.57. The molecule has 0 unspecified atom stereocenters. The largest absolute Gasteiger partial charge is 0.493 e. The third-order valence-corrected chi connectivity index (χ3v) is 6.05. The van der Waals surface area contributed by atoms with E-state index in [2.05, 4.69) is 5.32 Å². The number of esters is 2. The van der Waals surface area contributed by atoms with Crippen LogP contribution in [0.15, 0.2) is 40.7 Å². The zero-order chi connectivity index (χ0) is 24.4. The number of rotatable bonds is 6. The molecule has 8 nitrogen and oxygen atoms in total. The number of para-hydroxylation sites is 1. The van der Waals surface area contributed by atoms with Crippen molar-refractivity contribution < 1.29 is 33.3 Å². The number of Topliss-reactive ketones (excluding diaryl/α,β-unsaturated/α-hetero) is 1. The highest BCUT2D eigenvalue weighted by atomic mass is 16.5. The molecule has 0 saturated heterocycles. The van der Waals surface area contributed by atoms with Crippen LogP contribution in [0.2, 0.25) is 0 Å². The van der Waals surface area contributed by atoms with E-state index >= 15 is 0 Å². The number of carbonyl (C=O) groups excluding carboxylic acids is 3. The molecule has 1 aromatic rings. The van der Waals surface area contributed by atoms with Gasteiger partial charge in [-0.15, -0.1) is 0 Å². The summed E-state index contributed by atoms with van der Waals surface area (Å²) in [6.07, 6.45) is 0.0962. The first-order valence-electron chi connectivity index (χ1n) is 10.9. The number of allylic oxidation sites excluding steroid dienone is 3. The van der Waals surface area contributed by atoms with Crippen molar-refractivity contribution in [1.82, 2.24) is 5.32 Å². The molecule has 33 heavy (non-hydrogen) atoms. The van der Waals surface area contributed by atoms with E-state index in [-0.39, 0.29) is 17.8 Å². The van der Waals surface area contributed by atoms with Crippen molar-refractivity contribution in [3.8, 4) is 11.5 Å². The number of benzene rings is 1. The molecule has 178 valence electrons. The van der Waals surface area contributed by atoms with Gasteiger partial charge in [0.15, 0.2) is 17.3 Å². The quantitative estimate of drug-likeness (QED) is 0.513. The molecular formula is C25H31NO7. The summed E-state index contributed by atoms with van der Waals surface area (Å²) in [6.45, 7) is 7.14. The molecule has 0 radical (unpaired) electrons. The van der Waals surface area contributed by atoms with E-state index in [0.29, 0.717) is 46.0 Å². The predicted molar refractivity (Wildman–Crippen MR) is 121 cm³/mol. The van der Waals surface area contributed by atoms with Crippen LogP contribution in [0.5, 0.6) is 11.5 Å². The number of dihydropyridines is 1. The van der Waals surface area contributed by atoms with Crippen LogP contribution in [0.1, 0.15) is 45.6 Å². The summed E-state index contributed by atoms with van der Waals surface area (Å²) >= 11 is 0. The van der Waals surface area contributed by atoms with Crippen molar-refractivity contribution in [3.63, 3.8) is 0 Å². The summed E-state index contributed by atoms with van der Waals surface area (Å²) in [6, 6.07) is 5.30.